The predicted molar refractivity (Wildman–Crippen MR) is 108 cm³/mol. The zero-order chi connectivity index (χ0) is 19.3. The first-order valence-corrected chi connectivity index (χ1v) is 9.68. The minimum Gasteiger partial charge on any atom is -0.463 e. The molecule has 2 aliphatic heterocycles. The summed E-state index contributed by atoms with van der Waals surface area (Å²) in [6, 6.07) is 19.8. The minimum absolute atomic E-state index is 0.0646. The van der Waals surface area contributed by atoms with Crippen molar-refractivity contribution in [2.75, 3.05) is 0 Å². The molecule has 0 fully saturated rings. The van der Waals surface area contributed by atoms with Crippen molar-refractivity contribution in [2.45, 2.75) is 18.7 Å². The number of hydrogen-bond donors (Lipinski definition) is 0. The molecule has 0 unspecified atom stereocenters. The summed E-state index contributed by atoms with van der Waals surface area (Å²) in [5.74, 6) is 0.367. The molecule has 2 heterocycles. The highest BCUT2D eigenvalue weighted by Gasteiger charge is 2.42. The van der Waals surface area contributed by atoms with Crippen LogP contribution in [0.1, 0.15) is 35.4 Å². The van der Waals surface area contributed by atoms with Gasteiger partial charge in [0, 0.05) is 22.6 Å². The van der Waals surface area contributed by atoms with Gasteiger partial charge in [-0.3, -0.25) is 0 Å². The van der Waals surface area contributed by atoms with Crippen LogP contribution in [0.5, 0.6) is 5.75 Å². The fourth-order valence-corrected chi connectivity index (χ4v) is 4.32. The van der Waals surface area contributed by atoms with E-state index in [9.17, 15) is 4.39 Å². The Morgan fingerprint density at radius 3 is 2.50 bits per heavy atom. The molecule has 3 nitrogen and oxygen atoms in total. The van der Waals surface area contributed by atoms with Crippen molar-refractivity contribution in [2.24, 2.45) is 5.10 Å². The van der Waals surface area contributed by atoms with E-state index in [0.29, 0.717) is 22.2 Å². The lowest BCUT2D eigenvalue weighted by Gasteiger charge is -2.38. The van der Waals surface area contributed by atoms with Gasteiger partial charge in [-0.15, -0.1) is 0 Å². The van der Waals surface area contributed by atoms with E-state index in [2.05, 4.69) is 0 Å². The van der Waals surface area contributed by atoms with E-state index in [-0.39, 0.29) is 11.9 Å². The van der Waals surface area contributed by atoms with Crippen LogP contribution in [0.15, 0.2) is 71.8 Å². The first-order valence-electron chi connectivity index (χ1n) is 8.92. The third kappa shape index (κ3) is 2.93. The summed E-state index contributed by atoms with van der Waals surface area (Å²) in [6.45, 7) is 0. The zero-order valence-electron chi connectivity index (χ0n) is 14.6. The summed E-state index contributed by atoms with van der Waals surface area (Å²) >= 11 is 12.7. The quantitative estimate of drug-likeness (QED) is 0.487. The molecule has 0 radical (unpaired) electrons. The molecule has 0 saturated heterocycles. The van der Waals surface area contributed by atoms with Crippen LogP contribution in [0.3, 0.4) is 0 Å². The topological polar surface area (TPSA) is 24.8 Å². The molecule has 0 N–H and O–H groups in total. The van der Waals surface area contributed by atoms with E-state index in [0.717, 1.165) is 22.4 Å². The smallest absolute Gasteiger partial charge is 0.213 e. The second kappa shape index (κ2) is 6.80. The average molecular weight is 413 g/mol. The van der Waals surface area contributed by atoms with E-state index >= 15 is 0 Å². The van der Waals surface area contributed by atoms with E-state index < -0.39 is 6.23 Å². The van der Waals surface area contributed by atoms with Crippen molar-refractivity contribution in [3.63, 3.8) is 0 Å². The first kappa shape index (κ1) is 17.5. The third-order valence-electron chi connectivity index (χ3n) is 5.07. The van der Waals surface area contributed by atoms with Gasteiger partial charge in [0.1, 0.15) is 11.6 Å². The van der Waals surface area contributed by atoms with Crippen LogP contribution in [0.2, 0.25) is 10.0 Å². The van der Waals surface area contributed by atoms with Gasteiger partial charge in [-0.05, 0) is 29.8 Å². The van der Waals surface area contributed by atoms with Crippen molar-refractivity contribution in [1.29, 1.82) is 0 Å². The number of hydrazone groups is 1. The highest BCUT2D eigenvalue weighted by atomic mass is 35.5. The molecule has 0 aliphatic carbocycles. The Morgan fingerprint density at radius 2 is 1.75 bits per heavy atom. The van der Waals surface area contributed by atoms with Crippen molar-refractivity contribution < 1.29 is 9.13 Å². The number of ether oxygens (including phenoxy) is 1. The van der Waals surface area contributed by atoms with Gasteiger partial charge in [0.15, 0.2) is 0 Å². The number of halogens is 3. The van der Waals surface area contributed by atoms with Gasteiger partial charge in [0.2, 0.25) is 6.23 Å². The Hall–Kier alpha value is -2.56. The SMILES string of the molecule is Fc1ccc(C2=NN3[C@H](C2)c2cc(Cl)cc(Cl)c2O[C@H]3c2ccccc2)cc1. The summed E-state index contributed by atoms with van der Waals surface area (Å²) in [5.41, 5.74) is 3.65. The normalized spacial score (nSPS) is 20.2. The van der Waals surface area contributed by atoms with Gasteiger partial charge in [0.25, 0.3) is 0 Å². The zero-order valence-corrected chi connectivity index (χ0v) is 16.2. The summed E-state index contributed by atoms with van der Waals surface area (Å²) in [7, 11) is 0. The lowest BCUT2D eigenvalue weighted by atomic mass is 9.96. The Labute approximate surface area is 172 Å². The molecule has 2 aliphatic rings. The van der Waals surface area contributed by atoms with E-state index in [4.69, 9.17) is 33.0 Å². The van der Waals surface area contributed by atoms with Gasteiger partial charge in [-0.25, -0.2) is 9.40 Å². The molecule has 28 heavy (non-hydrogen) atoms. The maximum absolute atomic E-state index is 13.3. The highest BCUT2D eigenvalue weighted by molar-refractivity contribution is 6.35. The predicted octanol–water partition coefficient (Wildman–Crippen LogP) is 6.37. The average Bonchev–Trinajstić information content (AvgIpc) is 3.14. The molecule has 3 aromatic carbocycles. The Balaban J connectivity index is 1.63. The van der Waals surface area contributed by atoms with Crippen LogP contribution in [0, 0.1) is 5.82 Å². The number of hydrogen-bond acceptors (Lipinski definition) is 3. The van der Waals surface area contributed by atoms with Gasteiger partial charge in [0.05, 0.1) is 16.8 Å². The van der Waals surface area contributed by atoms with Crippen molar-refractivity contribution in [3.8, 4) is 5.75 Å². The molecule has 0 amide bonds. The summed E-state index contributed by atoms with van der Waals surface area (Å²) < 4.78 is 19.6. The van der Waals surface area contributed by atoms with Crippen molar-refractivity contribution in [1.82, 2.24) is 5.01 Å². The fourth-order valence-electron chi connectivity index (χ4n) is 3.77. The molecule has 0 aromatic heterocycles. The lowest BCUT2D eigenvalue weighted by molar-refractivity contribution is -0.0189. The highest BCUT2D eigenvalue weighted by Crippen LogP contribution is 2.50. The molecule has 3 aromatic rings. The molecular weight excluding hydrogens is 398 g/mol. The molecule has 0 bridgehead atoms. The largest absolute Gasteiger partial charge is 0.463 e. The molecule has 0 spiro atoms. The second-order valence-corrected chi connectivity index (χ2v) is 7.68. The number of benzene rings is 3. The standard InChI is InChI=1S/C22H15Cl2FN2O/c23-15-10-17-20-12-19(13-6-8-16(25)9-7-13)26-27(20)22(14-4-2-1-3-5-14)28-21(17)18(24)11-15/h1-11,20,22H,12H2/t20-,22+/m1/s1. The summed E-state index contributed by atoms with van der Waals surface area (Å²) in [5, 5.41) is 7.83. The van der Waals surface area contributed by atoms with Gasteiger partial charge in [-0.2, -0.15) is 5.10 Å². The third-order valence-corrected chi connectivity index (χ3v) is 5.57. The fraction of sp³-hybridized carbons (Fsp3) is 0.136. The maximum atomic E-state index is 13.3. The van der Waals surface area contributed by atoms with Crippen LogP contribution >= 0.6 is 23.2 Å². The molecule has 2 atom stereocenters. The van der Waals surface area contributed by atoms with Crippen LogP contribution in [-0.2, 0) is 0 Å². The minimum atomic E-state index is -0.407. The van der Waals surface area contributed by atoms with Crippen LogP contribution in [0.4, 0.5) is 4.39 Å². The molecule has 140 valence electrons. The maximum Gasteiger partial charge on any atom is 0.213 e. The van der Waals surface area contributed by atoms with E-state index in [1.54, 1.807) is 18.2 Å². The van der Waals surface area contributed by atoms with Crippen molar-refractivity contribution >= 4 is 28.9 Å². The number of fused-ring (bicyclic) bond motifs is 3. The van der Waals surface area contributed by atoms with Gasteiger partial charge < -0.3 is 4.74 Å². The summed E-state index contributed by atoms with van der Waals surface area (Å²) in [4.78, 5) is 0. The molecular formula is C22H15Cl2FN2O. The van der Waals surface area contributed by atoms with E-state index in [1.807, 2.05) is 41.4 Å². The van der Waals surface area contributed by atoms with Gasteiger partial charge >= 0.3 is 0 Å². The summed E-state index contributed by atoms with van der Waals surface area (Å²) in [6.07, 6.45) is 0.248. The first-order chi connectivity index (χ1) is 13.6. The Bertz CT molecular complexity index is 1070. The van der Waals surface area contributed by atoms with Crippen molar-refractivity contribution in [3.05, 3.63) is 99.3 Å². The van der Waals surface area contributed by atoms with Crippen LogP contribution < -0.4 is 4.74 Å². The lowest BCUT2D eigenvalue weighted by Crippen LogP contribution is -2.33. The molecule has 0 saturated carbocycles. The number of rotatable bonds is 2. The molecule has 6 heteroatoms. The Morgan fingerprint density at radius 1 is 1.00 bits per heavy atom. The Kier molecular flexibility index (Phi) is 4.26. The van der Waals surface area contributed by atoms with E-state index in [1.165, 1.54) is 12.1 Å². The number of nitrogens with zero attached hydrogens (tertiary/aromatic N) is 2. The van der Waals surface area contributed by atoms with Crippen LogP contribution in [-0.4, -0.2) is 10.7 Å². The van der Waals surface area contributed by atoms with Gasteiger partial charge in [-0.1, -0.05) is 65.7 Å². The molecule has 5 rings (SSSR count). The van der Waals surface area contributed by atoms with Crippen LogP contribution in [0.25, 0.3) is 0 Å². The second-order valence-electron chi connectivity index (χ2n) is 6.84. The monoisotopic (exact) mass is 412 g/mol.